The molecule has 2 amide bonds. The third-order valence-electron chi connectivity index (χ3n) is 2.92. The standard InChI is InChI=1S/C13H16N2O3/c1-9(16)7-15-8-12(14-13(15)17)10-3-5-11(18-2)6-4-10/h3-6,12H,7-8H2,1-2H3,(H,14,17). The van der Waals surface area contributed by atoms with Gasteiger partial charge in [-0.1, -0.05) is 12.1 Å². The number of benzene rings is 1. The van der Waals surface area contributed by atoms with Gasteiger partial charge in [0.25, 0.3) is 0 Å². The van der Waals surface area contributed by atoms with Crippen LogP contribution in [0.2, 0.25) is 0 Å². The minimum absolute atomic E-state index is 0.0134. The highest BCUT2D eigenvalue weighted by Gasteiger charge is 2.30. The van der Waals surface area contributed by atoms with Crippen LogP contribution in [-0.4, -0.2) is 36.9 Å². The van der Waals surface area contributed by atoms with Crippen molar-refractivity contribution in [2.24, 2.45) is 0 Å². The molecular formula is C13H16N2O3. The first-order valence-corrected chi connectivity index (χ1v) is 5.79. The number of hydrogen-bond acceptors (Lipinski definition) is 3. The lowest BCUT2D eigenvalue weighted by Gasteiger charge is -2.12. The van der Waals surface area contributed by atoms with Crippen molar-refractivity contribution < 1.29 is 14.3 Å². The molecule has 2 rings (SSSR count). The summed E-state index contributed by atoms with van der Waals surface area (Å²) in [6.07, 6.45) is 0. The van der Waals surface area contributed by atoms with Crippen LogP contribution in [0.3, 0.4) is 0 Å². The molecule has 5 heteroatoms. The summed E-state index contributed by atoms with van der Waals surface area (Å²) in [5, 5.41) is 2.86. The summed E-state index contributed by atoms with van der Waals surface area (Å²) in [4.78, 5) is 24.2. The summed E-state index contributed by atoms with van der Waals surface area (Å²) >= 11 is 0. The minimum Gasteiger partial charge on any atom is -0.497 e. The molecule has 1 aromatic rings. The molecular weight excluding hydrogens is 232 g/mol. The maximum Gasteiger partial charge on any atom is 0.318 e. The Morgan fingerprint density at radius 2 is 2.11 bits per heavy atom. The molecule has 18 heavy (non-hydrogen) atoms. The van der Waals surface area contributed by atoms with Gasteiger partial charge in [-0.25, -0.2) is 4.79 Å². The fourth-order valence-corrected chi connectivity index (χ4v) is 2.02. The van der Waals surface area contributed by atoms with Crippen LogP contribution in [0.25, 0.3) is 0 Å². The van der Waals surface area contributed by atoms with Gasteiger partial charge < -0.3 is 15.0 Å². The lowest BCUT2D eigenvalue weighted by molar-refractivity contribution is -0.117. The molecule has 0 spiro atoms. The molecule has 0 saturated carbocycles. The van der Waals surface area contributed by atoms with E-state index in [1.165, 1.54) is 11.8 Å². The van der Waals surface area contributed by atoms with Crippen LogP contribution in [0.15, 0.2) is 24.3 Å². The molecule has 1 N–H and O–H groups in total. The Bertz CT molecular complexity index is 456. The predicted molar refractivity (Wildman–Crippen MR) is 66.5 cm³/mol. The molecule has 0 aromatic heterocycles. The van der Waals surface area contributed by atoms with Crippen LogP contribution >= 0.6 is 0 Å². The average molecular weight is 248 g/mol. The zero-order valence-corrected chi connectivity index (χ0v) is 10.5. The number of rotatable bonds is 4. The van der Waals surface area contributed by atoms with Gasteiger partial charge in [-0.15, -0.1) is 0 Å². The number of carbonyl (C=O) groups is 2. The summed E-state index contributed by atoms with van der Waals surface area (Å²) in [6.45, 7) is 2.16. The van der Waals surface area contributed by atoms with E-state index < -0.39 is 0 Å². The lowest BCUT2D eigenvalue weighted by Crippen LogP contribution is -2.32. The molecule has 1 atom stereocenters. The molecule has 0 bridgehead atoms. The Balaban J connectivity index is 2.06. The fraction of sp³-hybridized carbons (Fsp3) is 0.385. The van der Waals surface area contributed by atoms with Crippen molar-refractivity contribution >= 4 is 11.8 Å². The summed E-state index contributed by atoms with van der Waals surface area (Å²) in [5.41, 5.74) is 1.01. The number of nitrogens with one attached hydrogen (secondary N) is 1. The molecule has 1 aliphatic heterocycles. The van der Waals surface area contributed by atoms with Crippen molar-refractivity contribution in [3.8, 4) is 5.75 Å². The number of ketones is 1. The zero-order chi connectivity index (χ0) is 13.1. The Morgan fingerprint density at radius 1 is 1.44 bits per heavy atom. The monoisotopic (exact) mass is 248 g/mol. The molecule has 1 unspecified atom stereocenters. The maximum absolute atomic E-state index is 11.7. The largest absolute Gasteiger partial charge is 0.497 e. The van der Waals surface area contributed by atoms with Crippen molar-refractivity contribution in [1.82, 2.24) is 10.2 Å². The number of amides is 2. The van der Waals surface area contributed by atoms with E-state index in [0.717, 1.165) is 11.3 Å². The minimum atomic E-state index is -0.189. The van der Waals surface area contributed by atoms with E-state index in [9.17, 15) is 9.59 Å². The van der Waals surface area contributed by atoms with Gasteiger partial charge in [0.15, 0.2) is 0 Å². The Hall–Kier alpha value is -2.04. The molecule has 0 aliphatic carbocycles. The quantitative estimate of drug-likeness (QED) is 0.875. The van der Waals surface area contributed by atoms with Crippen LogP contribution in [0.4, 0.5) is 4.79 Å². The third kappa shape index (κ3) is 2.61. The van der Waals surface area contributed by atoms with Crippen LogP contribution < -0.4 is 10.1 Å². The van der Waals surface area contributed by atoms with Crippen molar-refractivity contribution in [3.05, 3.63) is 29.8 Å². The molecule has 5 nitrogen and oxygen atoms in total. The maximum atomic E-state index is 11.7. The molecule has 0 radical (unpaired) electrons. The number of methoxy groups -OCH3 is 1. The van der Waals surface area contributed by atoms with Crippen molar-refractivity contribution in [3.63, 3.8) is 0 Å². The van der Waals surface area contributed by atoms with Crippen LogP contribution in [0.5, 0.6) is 5.75 Å². The van der Waals surface area contributed by atoms with E-state index in [-0.39, 0.29) is 24.4 Å². The molecule has 1 fully saturated rings. The number of ether oxygens (including phenoxy) is 1. The van der Waals surface area contributed by atoms with Gasteiger partial charge in [-0.2, -0.15) is 0 Å². The van der Waals surface area contributed by atoms with E-state index in [2.05, 4.69) is 5.32 Å². The Morgan fingerprint density at radius 3 is 2.67 bits per heavy atom. The smallest absolute Gasteiger partial charge is 0.318 e. The van der Waals surface area contributed by atoms with Crippen molar-refractivity contribution in [1.29, 1.82) is 0 Å². The molecule has 1 heterocycles. The summed E-state index contributed by atoms with van der Waals surface area (Å²) in [6, 6.07) is 7.29. The molecule has 1 aromatic carbocycles. The van der Waals surface area contributed by atoms with E-state index >= 15 is 0 Å². The van der Waals surface area contributed by atoms with E-state index in [4.69, 9.17) is 4.74 Å². The van der Waals surface area contributed by atoms with Gasteiger partial charge >= 0.3 is 6.03 Å². The van der Waals surface area contributed by atoms with Crippen LogP contribution in [0.1, 0.15) is 18.5 Å². The highest BCUT2D eigenvalue weighted by molar-refractivity contribution is 5.85. The van der Waals surface area contributed by atoms with Gasteiger partial charge in [0.05, 0.1) is 19.7 Å². The van der Waals surface area contributed by atoms with Gasteiger partial charge in [-0.3, -0.25) is 4.79 Å². The highest BCUT2D eigenvalue weighted by Crippen LogP contribution is 2.22. The van der Waals surface area contributed by atoms with Crippen molar-refractivity contribution in [2.75, 3.05) is 20.2 Å². The van der Waals surface area contributed by atoms with Crippen LogP contribution in [0, 0.1) is 0 Å². The van der Waals surface area contributed by atoms with Gasteiger partial charge in [0, 0.05) is 6.54 Å². The number of carbonyl (C=O) groups excluding carboxylic acids is 2. The Labute approximate surface area is 106 Å². The number of urea groups is 1. The SMILES string of the molecule is COc1ccc(C2CN(CC(C)=O)C(=O)N2)cc1. The topological polar surface area (TPSA) is 58.6 Å². The van der Waals surface area contributed by atoms with Gasteiger partial charge in [0.2, 0.25) is 0 Å². The number of hydrogen-bond donors (Lipinski definition) is 1. The number of nitrogens with zero attached hydrogens (tertiary/aromatic N) is 1. The van der Waals surface area contributed by atoms with E-state index in [1.54, 1.807) is 7.11 Å². The third-order valence-corrected chi connectivity index (χ3v) is 2.92. The highest BCUT2D eigenvalue weighted by atomic mass is 16.5. The first-order valence-electron chi connectivity index (χ1n) is 5.79. The second kappa shape index (κ2) is 5.08. The molecule has 1 saturated heterocycles. The first-order chi connectivity index (χ1) is 8.60. The number of Topliss-reactive ketones (excluding diaryl/α,β-unsaturated/α-hetero) is 1. The molecule has 96 valence electrons. The zero-order valence-electron chi connectivity index (χ0n) is 10.5. The predicted octanol–water partition coefficient (Wildman–Crippen LogP) is 1.35. The van der Waals surface area contributed by atoms with E-state index in [0.29, 0.717) is 6.54 Å². The summed E-state index contributed by atoms with van der Waals surface area (Å²) < 4.78 is 5.08. The van der Waals surface area contributed by atoms with Crippen LogP contribution in [-0.2, 0) is 4.79 Å². The van der Waals surface area contributed by atoms with Crippen molar-refractivity contribution in [2.45, 2.75) is 13.0 Å². The molecule has 1 aliphatic rings. The summed E-state index contributed by atoms with van der Waals surface area (Å²) in [7, 11) is 1.61. The fourth-order valence-electron chi connectivity index (χ4n) is 2.02. The lowest BCUT2D eigenvalue weighted by atomic mass is 10.1. The average Bonchev–Trinajstić information content (AvgIpc) is 2.70. The van der Waals surface area contributed by atoms with Gasteiger partial charge in [0.1, 0.15) is 11.5 Å². The van der Waals surface area contributed by atoms with Gasteiger partial charge in [-0.05, 0) is 24.6 Å². The second-order valence-electron chi connectivity index (χ2n) is 4.36. The Kier molecular flexibility index (Phi) is 3.50. The first kappa shape index (κ1) is 12.4. The second-order valence-corrected chi connectivity index (χ2v) is 4.36. The summed E-state index contributed by atoms with van der Waals surface area (Å²) in [5.74, 6) is 0.768. The normalized spacial score (nSPS) is 18.7. The van der Waals surface area contributed by atoms with E-state index in [1.807, 2.05) is 24.3 Å².